The molecule has 0 radical (unpaired) electrons. The van der Waals surface area contributed by atoms with E-state index in [2.05, 4.69) is 5.32 Å². The molecular weight excluding hydrogens is 268 g/mol. The Labute approximate surface area is 112 Å². The summed E-state index contributed by atoms with van der Waals surface area (Å²) in [6.07, 6.45) is 2.23. The van der Waals surface area contributed by atoms with Crippen LogP contribution < -0.4 is 10.5 Å². The summed E-state index contributed by atoms with van der Waals surface area (Å²) in [6.45, 7) is 1.75. The summed E-state index contributed by atoms with van der Waals surface area (Å²) in [7, 11) is -3.64. The summed E-state index contributed by atoms with van der Waals surface area (Å²) < 4.78 is 22.9. The first-order valence-corrected chi connectivity index (χ1v) is 8.64. The number of hydrogen-bond donors (Lipinski definition) is 2. The van der Waals surface area contributed by atoms with Gasteiger partial charge in [-0.2, -0.15) is 11.8 Å². The molecule has 1 aliphatic heterocycles. The molecule has 3 N–H and O–H groups in total. The maximum Gasteiger partial charge on any atom is 0.238 e. The third kappa shape index (κ3) is 3.40. The Bertz CT molecular complexity index is 523. The van der Waals surface area contributed by atoms with Crippen LogP contribution >= 0.6 is 11.8 Å². The second-order valence-corrected chi connectivity index (χ2v) is 7.31. The van der Waals surface area contributed by atoms with Gasteiger partial charge in [0.1, 0.15) is 0 Å². The molecule has 0 spiro atoms. The molecule has 1 aromatic rings. The average molecular weight is 286 g/mol. The third-order valence-electron chi connectivity index (χ3n) is 3.09. The van der Waals surface area contributed by atoms with Crippen LogP contribution in [0.1, 0.15) is 18.4 Å². The molecular formula is C12H18N2O2S2. The van der Waals surface area contributed by atoms with Crippen molar-refractivity contribution in [1.29, 1.82) is 0 Å². The molecule has 1 saturated heterocycles. The highest BCUT2D eigenvalue weighted by atomic mass is 32.2. The number of primary sulfonamides is 1. The minimum absolute atomic E-state index is 0.206. The average Bonchev–Trinajstić information content (AvgIpc) is 2.31. The summed E-state index contributed by atoms with van der Waals surface area (Å²) >= 11 is 1.96. The molecule has 1 aliphatic rings. The molecule has 1 fully saturated rings. The van der Waals surface area contributed by atoms with Crippen LogP contribution in [0.25, 0.3) is 0 Å². The predicted molar refractivity (Wildman–Crippen MR) is 76.5 cm³/mol. The largest absolute Gasteiger partial charge is 0.382 e. The third-order valence-corrected chi connectivity index (χ3v) is 5.19. The van der Waals surface area contributed by atoms with Crippen LogP contribution in [0.15, 0.2) is 23.1 Å². The first-order valence-electron chi connectivity index (χ1n) is 5.94. The number of aryl methyl sites for hydroxylation is 1. The molecule has 0 aromatic heterocycles. The molecule has 0 aliphatic carbocycles. The van der Waals surface area contributed by atoms with Crippen LogP contribution in [0.5, 0.6) is 0 Å². The van der Waals surface area contributed by atoms with E-state index in [1.54, 1.807) is 19.1 Å². The minimum Gasteiger partial charge on any atom is -0.382 e. The Kier molecular flexibility index (Phi) is 4.19. The van der Waals surface area contributed by atoms with E-state index in [1.165, 1.54) is 0 Å². The second-order valence-electron chi connectivity index (χ2n) is 4.56. The Hall–Kier alpha value is -0.720. The fourth-order valence-electron chi connectivity index (χ4n) is 2.07. The lowest BCUT2D eigenvalue weighted by molar-refractivity contribution is 0.597. The number of anilines is 1. The predicted octanol–water partition coefficient (Wildman–Crippen LogP) is 1.95. The highest BCUT2D eigenvalue weighted by Gasteiger charge is 2.16. The van der Waals surface area contributed by atoms with E-state index in [0.29, 0.717) is 11.6 Å². The summed E-state index contributed by atoms with van der Waals surface area (Å²) in [6, 6.07) is 5.76. The minimum atomic E-state index is -3.64. The molecule has 0 atom stereocenters. The van der Waals surface area contributed by atoms with Crippen LogP contribution in [0.3, 0.4) is 0 Å². The highest BCUT2D eigenvalue weighted by Crippen LogP contribution is 2.23. The number of hydrogen-bond acceptors (Lipinski definition) is 4. The quantitative estimate of drug-likeness (QED) is 0.891. The highest BCUT2D eigenvalue weighted by molar-refractivity contribution is 7.99. The molecule has 0 amide bonds. The van der Waals surface area contributed by atoms with Gasteiger partial charge in [0.25, 0.3) is 0 Å². The van der Waals surface area contributed by atoms with Gasteiger partial charge in [0.15, 0.2) is 0 Å². The Balaban J connectivity index is 2.19. The van der Waals surface area contributed by atoms with Crippen LogP contribution in [0.4, 0.5) is 5.69 Å². The Morgan fingerprint density at radius 2 is 2.00 bits per heavy atom. The molecule has 2 rings (SSSR count). The van der Waals surface area contributed by atoms with Gasteiger partial charge in [-0.1, -0.05) is 6.07 Å². The molecule has 0 unspecified atom stereocenters. The van der Waals surface area contributed by atoms with E-state index >= 15 is 0 Å². The molecule has 18 heavy (non-hydrogen) atoms. The van der Waals surface area contributed by atoms with E-state index in [9.17, 15) is 8.42 Å². The SMILES string of the molecule is Cc1ccc(NC2CCSCC2)cc1S(N)(=O)=O. The maximum absolute atomic E-state index is 11.4. The number of nitrogens with two attached hydrogens (primary N) is 1. The van der Waals surface area contributed by atoms with Crippen molar-refractivity contribution in [3.05, 3.63) is 23.8 Å². The Morgan fingerprint density at radius 1 is 1.33 bits per heavy atom. The lowest BCUT2D eigenvalue weighted by Gasteiger charge is -2.24. The fourth-order valence-corrected chi connectivity index (χ4v) is 3.99. The standard InChI is InChI=1S/C12H18N2O2S2/c1-9-2-3-11(8-12(9)18(13,15)16)14-10-4-6-17-7-5-10/h2-3,8,10,14H,4-7H2,1H3,(H2,13,15,16). The second kappa shape index (κ2) is 5.50. The molecule has 1 aromatic carbocycles. The van der Waals surface area contributed by atoms with Gasteiger partial charge in [-0.05, 0) is 49.0 Å². The summed E-state index contributed by atoms with van der Waals surface area (Å²) in [4.78, 5) is 0.206. The first-order chi connectivity index (χ1) is 8.47. The van der Waals surface area contributed by atoms with E-state index in [0.717, 1.165) is 30.0 Å². The monoisotopic (exact) mass is 286 g/mol. The first kappa shape index (κ1) is 13.7. The van der Waals surface area contributed by atoms with Crippen molar-refractivity contribution in [2.24, 2.45) is 5.14 Å². The van der Waals surface area contributed by atoms with Crippen molar-refractivity contribution >= 4 is 27.5 Å². The van der Waals surface area contributed by atoms with Crippen molar-refractivity contribution in [1.82, 2.24) is 0 Å². The normalized spacial score (nSPS) is 17.7. The van der Waals surface area contributed by atoms with Crippen molar-refractivity contribution in [2.45, 2.75) is 30.7 Å². The smallest absolute Gasteiger partial charge is 0.238 e. The van der Waals surface area contributed by atoms with E-state index in [4.69, 9.17) is 5.14 Å². The summed E-state index contributed by atoms with van der Waals surface area (Å²) in [5.41, 5.74) is 1.52. The van der Waals surface area contributed by atoms with Gasteiger partial charge in [0.2, 0.25) is 10.0 Å². The van der Waals surface area contributed by atoms with Crippen LogP contribution in [-0.2, 0) is 10.0 Å². The maximum atomic E-state index is 11.4. The van der Waals surface area contributed by atoms with Gasteiger partial charge in [-0.3, -0.25) is 0 Å². The van der Waals surface area contributed by atoms with Crippen LogP contribution in [-0.4, -0.2) is 26.0 Å². The van der Waals surface area contributed by atoms with Crippen molar-refractivity contribution in [3.8, 4) is 0 Å². The van der Waals surface area contributed by atoms with Crippen molar-refractivity contribution in [2.75, 3.05) is 16.8 Å². The molecule has 100 valence electrons. The zero-order chi connectivity index (χ0) is 13.2. The topological polar surface area (TPSA) is 72.2 Å². The van der Waals surface area contributed by atoms with Gasteiger partial charge in [0.05, 0.1) is 4.90 Å². The number of sulfonamides is 1. The molecule has 0 bridgehead atoms. The summed E-state index contributed by atoms with van der Waals surface area (Å²) in [5, 5.41) is 8.59. The van der Waals surface area contributed by atoms with Crippen LogP contribution in [0, 0.1) is 6.92 Å². The number of rotatable bonds is 3. The van der Waals surface area contributed by atoms with E-state index < -0.39 is 10.0 Å². The zero-order valence-corrected chi connectivity index (χ0v) is 12.0. The fraction of sp³-hybridized carbons (Fsp3) is 0.500. The van der Waals surface area contributed by atoms with Gasteiger partial charge in [0, 0.05) is 11.7 Å². The lowest BCUT2D eigenvalue weighted by Crippen LogP contribution is -2.24. The molecule has 6 heteroatoms. The molecule has 4 nitrogen and oxygen atoms in total. The van der Waals surface area contributed by atoms with Crippen molar-refractivity contribution < 1.29 is 8.42 Å². The van der Waals surface area contributed by atoms with Gasteiger partial charge < -0.3 is 5.32 Å². The zero-order valence-electron chi connectivity index (χ0n) is 10.3. The lowest BCUT2D eigenvalue weighted by atomic mass is 10.1. The number of thioether (sulfide) groups is 1. The van der Waals surface area contributed by atoms with Gasteiger partial charge in [-0.15, -0.1) is 0 Å². The van der Waals surface area contributed by atoms with Crippen molar-refractivity contribution in [3.63, 3.8) is 0 Å². The van der Waals surface area contributed by atoms with Crippen LogP contribution in [0.2, 0.25) is 0 Å². The molecule has 1 heterocycles. The van der Waals surface area contributed by atoms with Gasteiger partial charge >= 0.3 is 0 Å². The molecule has 0 saturated carbocycles. The van der Waals surface area contributed by atoms with Gasteiger partial charge in [-0.25, -0.2) is 13.6 Å². The summed E-state index contributed by atoms with van der Waals surface area (Å²) in [5.74, 6) is 2.32. The van der Waals surface area contributed by atoms with E-state index in [1.807, 2.05) is 17.8 Å². The number of nitrogens with one attached hydrogen (secondary N) is 1. The Morgan fingerprint density at radius 3 is 2.61 bits per heavy atom. The van der Waals surface area contributed by atoms with E-state index in [-0.39, 0.29) is 4.90 Å². The number of benzene rings is 1.